The highest BCUT2D eigenvalue weighted by molar-refractivity contribution is 6.06. The first kappa shape index (κ1) is 14.8. The standard InChI is InChI=1S/C17H17NO3/c1-11-4-5-14(10-12(11)2)16(19)18(3)15-8-6-13(7-9-15)17(20)21/h4-10H,1-3H3,(H,20,21). The lowest BCUT2D eigenvalue weighted by Crippen LogP contribution is -2.26. The molecular weight excluding hydrogens is 266 g/mol. The van der Waals surface area contributed by atoms with Gasteiger partial charge in [-0.3, -0.25) is 4.79 Å². The van der Waals surface area contributed by atoms with E-state index in [9.17, 15) is 9.59 Å². The van der Waals surface area contributed by atoms with Gasteiger partial charge in [0.1, 0.15) is 0 Å². The molecule has 0 aromatic heterocycles. The first-order valence-corrected chi connectivity index (χ1v) is 6.59. The fourth-order valence-electron chi connectivity index (χ4n) is 2.01. The zero-order chi connectivity index (χ0) is 15.6. The molecule has 0 atom stereocenters. The Labute approximate surface area is 123 Å². The Balaban J connectivity index is 2.25. The Morgan fingerprint density at radius 1 is 0.905 bits per heavy atom. The van der Waals surface area contributed by atoms with Gasteiger partial charge < -0.3 is 10.0 Å². The van der Waals surface area contributed by atoms with Crippen molar-refractivity contribution in [1.29, 1.82) is 0 Å². The van der Waals surface area contributed by atoms with Crippen LogP contribution in [0.2, 0.25) is 0 Å². The maximum atomic E-state index is 12.4. The number of rotatable bonds is 3. The van der Waals surface area contributed by atoms with Crippen LogP contribution in [0.1, 0.15) is 31.8 Å². The van der Waals surface area contributed by atoms with Crippen molar-refractivity contribution < 1.29 is 14.7 Å². The highest BCUT2D eigenvalue weighted by atomic mass is 16.4. The Morgan fingerprint density at radius 2 is 1.48 bits per heavy atom. The Kier molecular flexibility index (Phi) is 4.08. The molecule has 0 spiro atoms. The number of anilines is 1. The molecule has 1 N–H and O–H groups in total. The lowest BCUT2D eigenvalue weighted by molar-refractivity contribution is 0.0696. The van der Waals surface area contributed by atoms with Crippen molar-refractivity contribution in [1.82, 2.24) is 0 Å². The monoisotopic (exact) mass is 283 g/mol. The van der Waals surface area contributed by atoms with Crippen LogP contribution in [-0.2, 0) is 0 Å². The quantitative estimate of drug-likeness (QED) is 0.940. The number of amides is 1. The minimum Gasteiger partial charge on any atom is -0.478 e. The van der Waals surface area contributed by atoms with Crippen LogP contribution in [0.3, 0.4) is 0 Å². The molecule has 0 aliphatic rings. The topological polar surface area (TPSA) is 57.6 Å². The summed E-state index contributed by atoms with van der Waals surface area (Å²) in [5.41, 5.74) is 3.67. The highest BCUT2D eigenvalue weighted by Crippen LogP contribution is 2.18. The Hall–Kier alpha value is -2.62. The number of carbonyl (C=O) groups is 2. The first-order valence-electron chi connectivity index (χ1n) is 6.59. The minimum absolute atomic E-state index is 0.124. The number of carbonyl (C=O) groups excluding carboxylic acids is 1. The number of carboxylic acid groups (broad SMARTS) is 1. The molecule has 0 fully saturated rings. The second-order valence-corrected chi connectivity index (χ2v) is 5.02. The van der Waals surface area contributed by atoms with Crippen molar-refractivity contribution >= 4 is 17.6 Å². The highest BCUT2D eigenvalue weighted by Gasteiger charge is 2.14. The Morgan fingerprint density at radius 3 is 2.00 bits per heavy atom. The molecule has 0 aliphatic carbocycles. The number of benzene rings is 2. The van der Waals surface area contributed by atoms with Crippen molar-refractivity contribution in [3.8, 4) is 0 Å². The van der Waals surface area contributed by atoms with Crippen LogP contribution >= 0.6 is 0 Å². The molecular formula is C17H17NO3. The number of aryl methyl sites for hydroxylation is 2. The summed E-state index contributed by atoms with van der Waals surface area (Å²) < 4.78 is 0. The molecule has 0 aliphatic heterocycles. The maximum Gasteiger partial charge on any atom is 0.335 e. The number of hydrogen-bond donors (Lipinski definition) is 1. The summed E-state index contributed by atoms with van der Waals surface area (Å²) in [4.78, 5) is 24.8. The summed E-state index contributed by atoms with van der Waals surface area (Å²) in [6, 6.07) is 11.8. The van der Waals surface area contributed by atoms with Gasteiger partial charge in [0.05, 0.1) is 5.56 Å². The fourth-order valence-corrected chi connectivity index (χ4v) is 2.01. The third-order valence-corrected chi connectivity index (χ3v) is 3.56. The van der Waals surface area contributed by atoms with E-state index in [0.717, 1.165) is 11.1 Å². The van der Waals surface area contributed by atoms with Gasteiger partial charge in [-0.25, -0.2) is 4.79 Å². The Bertz CT molecular complexity index is 690. The van der Waals surface area contributed by atoms with E-state index < -0.39 is 5.97 Å². The zero-order valence-corrected chi connectivity index (χ0v) is 12.3. The fraction of sp³-hybridized carbons (Fsp3) is 0.176. The van der Waals surface area contributed by atoms with Crippen LogP contribution in [0, 0.1) is 13.8 Å². The first-order chi connectivity index (χ1) is 9.90. The molecule has 2 aromatic carbocycles. The van der Waals surface area contributed by atoms with Crippen LogP contribution in [0.25, 0.3) is 0 Å². The zero-order valence-electron chi connectivity index (χ0n) is 12.3. The summed E-state index contributed by atoms with van der Waals surface area (Å²) in [5.74, 6) is -1.11. The number of nitrogens with zero attached hydrogens (tertiary/aromatic N) is 1. The van der Waals surface area contributed by atoms with Crippen LogP contribution in [-0.4, -0.2) is 24.0 Å². The van der Waals surface area contributed by atoms with Crippen LogP contribution in [0.4, 0.5) is 5.69 Å². The van der Waals surface area contributed by atoms with Crippen LogP contribution < -0.4 is 4.90 Å². The van der Waals surface area contributed by atoms with Crippen molar-refractivity contribution in [2.24, 2.45) is 0 Å². The largest absolute Gasteiger partial charge is 0.478 e. The molecule has 21 heavy (non-hydrogen) atoms. The van der Waals surface area contributed by atoms with Gasteiger partial charge in [0.15, 0.2) is 0 Å². The summed E-state index contributed by atoms with van der Waals surface area (Å²) in [6.07, 6.45) is 0. The SMILES string of the molecule is Cc1ccc(C(=O)N(C)c2ccc(C(=O)O)cc2)cc1C. The minimum atomic E-state index is -0.982. The average molecular weight is 283 g/mol. The normalized spacial score (nSPS) is 10.2. The van der Waals surface area contributed by atoms with Gasteiger partial charge in [0.2, 0.25) is 0 Å². The third kappa shape index (κ3) is 3.11. The summed E-state index contributed by atoms with van der Waals surface area (Å²) in [5, 5.41) is 8.88. The maximum absolute atomic E-state index is 12.4. The molecule has 0 radical (unpaired) electrons. The van der Waals surface area contributed by atoms with E-state index in [-0.39, 0.29) is 11.5 Å². The van der Waals surface area contributed by atoms with Gasteiger partial charge >= 0.3 is 5.97 Å². The molecule has 0 unspecified atom stereocenters. The molecule has 4 heteroatoms. The second-order valence-electron chi connectivity index (χ2n) is 5.02. The molecule has 0 bridgehead atoms. The lowest BCUT2D eigenvalue weighted by atomic mass is 10.1. The molecule has 0 saturated carbocycles. The average Bonchev–Trinajstić information content (AvgIpc) is 2.48. The summed E-state index contributed by atoms with van der Waals surface area (Å²) >= 11 is 0. The van der Waals surface area contributed by atoms with E-state index in [1.165, 1.54) is 17.0 Å². The van der Waals surface area contributed by atoms with Gasteiger partial charge in [0, 0.05) is 18.3 Å². The molecule has 0 saturated heterocycles. The molecule has 4 nitrogen and oxygen atoms in total. The smallest absolute Gasteiger partial charge is 0.335 e. The van der Waals surface area contributed by atoms with Crippen LogP contribution in [0.5, 0.6) is 0 Å². The van der Waals surface area contributed by atoms with Crippen LogP contribution in [0.15, 0.2) is 42.5 Å². The number of carboxylic acids is 1. The van der Waals surface area contributed by atoms with E-state index in [1.807, 2.05) is 26.0 Å². The van der Waals surface area contributed by atoms with E-state index in [1.54, 1.807) is 25.2 Å². The molecule has 2 aromatic rings. The molecule has 0 heterocycles. The molecule has 2 rings (SSSR count). The van der Waals surface area contributed by atoms with Gasteiger partial charge in [-0.1, -0.05) is 6.07 Å². The predicted molar refractivity (Wildman–Crippen MR) is 82.1 cm³/mol. The van der Waals surface area contributed by atoms with E-state index in [2.05, 4.69) is 0 Å². The van der Waals surface area contributed by atoms with Gasteiger partial charge in [-0.2, -0.15) is 0 Å². The summed E-state index contributed by atoms with van der Waals surface area (Å²) in [6.45, 7) is 3.96. The van der Waals surface area contributed by atoms with Crippen molar-refractivity contribution in [2.45, 2.75) is 13.8 Å². The third-order valence-electron chi connectivity index (χ3n) is 3.56. The van der Waals surface area contributed by atoms with E-state index in [4.69, 9.17) is 5.11 Å². The predicted octanol–water partition coefficient (Wildman–Crippen LogP) is 3.28. The molecule has 1 amide bonds. The van der Waals surface area contributed by atoms with Crippen molar-refractivity contribution in [2.75, 3.05) is 11.9 Å². The van der Waals surface area contributed by atoms with E-state index in [0.29, 0.717) is 11.3 Å². The van der Waals surface area contributed by atoms with Gasteiger partial charge in [0.25, 0.3) is 5.91 Å². The van der Waals surface area contributed by atoms with Crippen molar-refractivity contribution in [3.63, 3.8) is 0 Å². The summed E-state index contributed by atoms with van der Waals surface area (Å²) in [7, 11) is 1.67. The van der Waals surface area contributed by atoms with Gasteiger partial charge in [-0.15, -0.1) is 0 Å². The van der Waals surface area contributed by atoms with Gasteiger partial charge in [-0.05, 0) is 61.4 Å². The molecule has 108 valence electrons. The second kappa shape index (κ2) is 5.79. The lowest BCUT2D eigenvalue weighted by Gasteiger charge is -2.18. The number of aromatic carboxylic acids is 1. The van der Waals surface area contributed by atoms with Crippen molar-refractivity contribution in [3.05, 3.63) is 64.7 Å². The van der Waals surface area contributed by atoms with E-state index >= 15 is 0 Å². The number of hydrogen-bond acceptors (Lipinski definition) is 2.